The van der Waals surface area contributed by atoms with Crippen LogP contribution in [0.4, 0.5) is 8.78 Å². The smallest absolute Gasteiger partial charge is 0.256 e. The molecule has 1 atom stereocenters. The molecule has 6 heteroatoms. The van der Waals surface area contributed by atoms with Crippen LogP contribution in [-0.2, 0) is 11.3 Å². The van der Waals surface area contributed by atoms with Crippen LogP contribution in [-0.4, -0.2) is 40.1 Å². The Labute approximate surface area is 153 Å². The van der Waals surface area contributed by atoms with Crippen LogP contribution in [0.1, 0.15) is 51.5 Å². The molecule has 0 radical (unpaired) electrons. The summed E-state index contributed by atoms with van der Waals surface area (Å²) in [4.78, 5) is 14.4. The third kappa shape index (κ3) is 4.23. The third-order valence-electron chi connectivity index (χ3n) is 5.47. The van der Waals surface area contributed by atoms with Crippen LogP contribution in [0.25, 0.3) is 0 Å². The molecular weight excluding hydrogens is 338 g/mol. The lowest BCUT2D eigenvalue weighted by molar-refractivity contribution is -0.157. The summed E-state index contributed by atoms with van der Waals surface area (Å²) >= 11 is 0. The first-order valence-corrected chi connectivity index (χ1v) is 9.44. The Morgan fingerprint density at radius 1 is 1.23 bits per heavy atom. The van der Waals surface area contributed by atoms with Crippen LogP contribution < -0.4 is 5.32 Å². The molecule has 1 amide bonds. The highest BCUT2D eigenvalue weighted by Crippen LogP contribution is 2.41. The van der Waals surface area contributed by atoms with E-state index in [-0.39, 0.29) is 24.5 Å². The minimum atomic E-state index is -1.43. The number of benzene rings is 1. The first kappa shape index (κ1) is 19.2. The van der Waals surface area contributed by atoms with E-state index in [2.05, 4.69) is 19.2 Å². The zero-order chi connectivity index (χ0) is 18.9. The van der Waals surface area contributed by atoms with Gasteiger partial charge in [0.2, 0.25) is 0 Å². The van der Waals surface area contributed by atoms with Crippen molar-refractivity contribution in [3.63, 3.8) is 0 Å². The molecule has 4 nitrogen and oxygen atoms in total. The van der Waals surface area contributed by atoms with E-state index in [1.165, 1.54) is 6.07 Å². The first-order valence-electron chi connectivity index (χ1n) is 9.44. The molecule has 0 aromatic heterocycles. The van der Waals surface area contributed by atoms with Gasteiger partial charge in [0.1, 0.15) is 0 Å². The van der Waals surface area contributed by atoms with Gasteiger partial charge in [0.15, 0.2) is 17.2 Å². The maximum absolute atomic E-state index is 13.4. The lowest BCUT2D eigenvalue weighted by Gasteiger charge is -2.39. The minimum absolute atomic E-state index is 0.0620. The number of nitrogens with zero attached hydrogens (tertiary/aromatic N) is 1. The Kier molecular flexibility index (Phi) is 5.35. The Morgan fingerprint density at radius 2 is 1.96 bits per heavy atom. The van der Waals surface area contributed by atoms with Crippen molar-refractivity contribution >= 4 is 5.91 Å². The van der Waals surface area contributed by atoms with Gasteiger partial charge in [-0.25, -0.2) is 8.78 Å². The number of halogens is 2. The Morgan fingerprint density at radius 3 is 2.58 bits per heavy atom. The molecule has 0 unspecified atom stereocenters. The summed E-state index contributed by atoms with van der Waals surface area (Å²) < 4.78 is 26.5. The van der Waals surface area contributed by atoms with E-state index in [4.69, 9.17) is 0 Å². The van der Waals surface area contributed by atoms with Gasteiger partial charge in [-0.15, -0.1) is 0 Å². The van der Waals surface area contributed by atoms with Gasteiger partial charge in [-0.3, -0.25) is 4.79 Å². The van der Waals surface area contributed by atoms with Crippen LogP contribution in [0.5, 0.6) is 0 Å². The van der Waals surface area contributed by atoms with Crippen LogP contribution in [0, 0.1) is 17.6 Å². The average molecular weight is 366 g/mol. The van der Waals surface area contributed by atoms with Crippen molar-refractivity contribution in [1.82, 2.24) is 10.2 Å². The van der Waals surface area contributed by atoms with Crippen molar-refractivity contribution in [1.29, 1.82) is 0 Å². The number of hydrogen-bond donors (Lipinski definition) is 2. The minimum Gasteiger partial charge on any atom is -0.379 e. The fraction of sp³-hybridized carbons (Fsp3) is 0.650. The van der Waals surface area contributed by atoms with E-state index >= 15 is 0 Å². The van der Waals surface area contributed by atoms with Crippen molar-refractivity contribution in [3.05, 3.63) is 35.4 Å². The van der Waals surface area contributed by atoms with E-state index in [9.17, 15) is 18.7 Å². The monoisotopic (exact) mass is 366 g/mol. The first-order chi connectivity index (χ1) is 12.2. The molecule has 1 heterocycles. The maximum atomic E-state index is 13.4. The van der Waals surface area contributed by atoms with Crippen LogP contribution in [0.2, 0.25) is 0 Å². The number of amides is 1. The molecule has 144 valence electrons. The van der Waals surface area contributed by atoms with Gasteiger partial charge in [-0.1, -0.05) is 19.9 Å². The molecule has 2 aliphatic rings. The number of β-amino-alcohol motifs (C(OH)–C–C–N with tert-alkyl or cyclic N) is 1. The fourth-order valence-electron chi connectivity index (χ4n) is 3.96. The second kappa shape index (κ2) is 7.24. The van der Waals surface area contributed by atoms with Gasteiger partial charge in [-0.2, -0.15) is 0 Å². The van der Waals surface area contributed by atoms with Crippen molar-refractivity contribution in [3.8, 4) is 0 Å². The number of carbonyl (C=O) groups is 1. The molecule has 1 saturated heterocycles. The molecule has 26 heavy (non-hydrogen) atoms. The van der Waals surface area contributed by atoms with Crippen molar-refractivity contribution in [2.45, 2.75) is 63.6 Å². The number of piperidine rings is 1. The van der Waals surface area contributed by atoms with Crippen molar-refractivity contribution < 1.29 is 18.7 Å². The number of nitrogens with one attached hydrogen (secondary N) is 1. The summed E-state index contributed by atoms with van der Waals surface area (Å²) in [5.74, 6) is -1.60. The Balaban J connectivity index is 1.63. The Bertz CT molecular complexity index is 676. The highest BCUT2D eigenvalue weighted by molar-refractivity contribution is 5.86. The summed E-state index contributed by atoms with van der Waals surface area (Å²) in [5, 5.41) is 14.4. The lowest BCUT2D eigenvalue weighted by atomic mass is 9.90. The number of likely N-dealkylation sites (tertiary alicyclic amines) is 1. The highest BCUT2D eigenvalue weighted by atomic mass is 19.2. The molecule has 0 spiro atoms. The zero-order valence-corrected chi connectivity index (χ0v) is 15.5. The van der Waals surface area contributed by atoms with E-state index in [0.717, 1.165) is 31.4 Å². The highest BCUT2D eigenvalue weighted by Gasteiger charge is 2.47. The SMILES string of the molecule is CC(C)CC1(NC[C@@]2(O)CCCN(Cc3ccc(F)c(F)c3)C2=O)CC1. The molecule has 1 aliphatic carbocycles. The molecule has 2 N–H and O–H groups in total. The van der Waals surface area contributed by atoms with Crippen molar-refractivity contribution in [2.75, 3.05) is 13.1 Å². The van der Waals surface area contributed by atoms with Crippen LogP contribution >= 0.6 is 0 Å². The zero-order valence-electron chi connectivity index (χ0n) is 15.5. The van der Waals surface area contributed by atoms with Gasteiger partial charge in [0.25, 0.3) is 5.91 Å². The standard InChI is InChI=1S/C20H28F2N2O2/c1-14(2)11-19(7-8-19)23-13-20(26)6-3-9-24(18(20)25)12-15-4-5-16(21)17(22)10-15/h4-5,10,14,23,26H,3,6-9,11-13H2,1-2H3/t20-/m0/s1. The van der Waals surface area contributed by atoms with Gasteiger partial charge in [-0.05, 0) is 55.7 Å². The van der Waals surface area contributed by atoms with Gasteiger partial charge < -0.3 is 15.3 Å². The van der Waals surface area contributed by atoms with Crippen LogP contribution in [0.3, 0.4) is 0 Å². The summed E-state index contributed by atoms with van der Waals surface area (Å²) in [6.07, 6.45) is 4.30. The summed E-state index contributed by atoms with van der Waals surface area (Å²) in [6.45, 7) is 5.27. The molecule has 3 rings (SSSR count). The number of hydrogen-bond acceptors (Lipinski definition) is 3. The van der Waals surface area contributed by atoms with E-state index in [1.54, 1.807) is 4.90 Å². The number of aliphatic hydroxyl groups is 1. The van der Waals surface area contributed by atoms with Gasteiger partial charge >= 0.3 is 0 Å². The van der Waals surface area contributed by atoms with E-state index in [0.29, 0.717) is 30.9 Å². The predicted octanol–water partition coefficient (Wildman–Crippen LogP) is 2.99. The van der Waals surface area contributed by atoms with E-state index < -0.39 is 17.2 Å². The topological polar surface area (TPSA) is 52.6 Å². The van der Waals surface area contributed by atoms with Gasteiger partial charge in [0, 0.05) is 25.2 Å². The lowest BCUT2D eigenvalue weighted by Crippen LogP contribution is -2.59. The molecule has 0 bridgehead atoms. The predicted molar refractivity (Wildman–Crippen MR) is 95.4 cm³/mol. The van der Waals surface area contributed by atoms with Gasteiger partial charge in [0.05, 0.1) is 0 Å². The van der Waals surface area contributed by atoms with Crippen LogP contribution in [0.15, 0.2) is 18.2 Å². The largest absolute Gasteiger partial charge is 0.379 e. The molecule has 1 saturated carbocycles. The average Bonchev–Trinajstić information content (AvgIpc) is 3.33. The molecule has 1 aliphatic heterocycles. The normalized spacial score (nSPS) is 25.0. The summed E-state index contributed by atoms with van der Waals surface area (Å²) in [6, 6.07) is 3.64. The summed E-state index contributed by atoms with van der Waals surface area (Å²) in [7, 11) is 0. The molecular formula is C20H28F2N2O2. The molecule has 1 aromatic rings. The fourth-order valence-corrected chi connectivity index (χ4v) is 3.96. The quantitative estimate of drug-likeness (QED) is 0.780. The molecule has 1 aromatic carbocycles. The Hall–Kier alpha value is -1.53. The number of carbonyl (C=O) groups excluding carboxylic acids is 1. The number of rotatable bonds is 7. The van der Waals surface area contributed by atoms with E-state index in [1.807, 2.05) is 0 Å². The summed E-state index contributed by atoms with van der Waals surface area (Å²) in [5.41, 5.74) is -0.844. The van der Waals surface area contributed by atoms with Crippen molar-refractivity contribution in [2.24, 2.45) is 5.92 Å². The third-order valence-corrected chi connectivity index (χ3v) is 5.47. The second-order valence-electron chi connectivity index (χ2n) is 8.34. The molecule has 2 fully saturated rings. The maximum Gasteiger partial charge on any atom is 0.256 e. The second-order valence-corrected chi connectivity index (χ2v) is 8.34.